The molecular weight excluding hydrogens is 253 g/mol. The van der Waals surface area contributed by atoms with Crippen LogP contribution in [0.1, 0.15) is 33.9 Å². The van der Waals surface area contributed by atoms with Crippen molar-refractivity contribution in [1.82, 2.24) is 4.98 Å². The first-order valence-electron chi connectivity index (χ1n) is 5.22. The standard InChI is InChI=1S/C10H11F3N2OS/c11-10(12,13)9-15-4-7(17-9)8(16)5-2-1-3-6(5)14/h4-6H,1-3,14H2. The van der Waals surface area contributed by atoms with E-state index in [1.165, 1.54) is 0 Å². The summed E-state index contributed by atoms with van der Waals surface area (Å²) < 4.78 is 37.0. The molecule has 2 N–H and O–H groups in total. The van der Waals surface area contributed by atoms with Gasteiger partial charge in [-0.1, -0.05) is 6.42 Å². The Balaban J connectivity index is 2.18. The number of halogens is 3. The Morgan fingerprint density at radius 1 is 1.47 bits per heavy atom. The zero-order valence-corrected chi connectivity index (χ0v) is 9.64. The molecule has 1 aliphatic rings. The second-order valence-corrected chi connectivity index (χ2v) is 5.12. The summed E-state index contributed by atoms with van der Waals surface area (Å²) in [4.78, 5) is 15.2. The lowest BCUT2D eigenvalue weighted by Gasteiger charge is -2.11. The molecule has 7 heteroatoms. The molecule has 3 nitrogen and oxygen atoms in total. The lowest BCUT2D eigenvalue weighted by molar-refractivity contribution is -0.137. The average molecular weight is 264 g/mol. The summed E-state index contributed by atoms with van der Waals surface area (Å²) in [6, 6.07) is -0.237. The summed E-state index contributed by atoms with van der Waals surface area (Å²) >= 11 is 0.396. The van der Waals surface area contributed by atoms with Crippen molar-refractivity contribution in [3.63, 3.8) is 0 Å². The lowest BCUT2D eigenvalue weighted by Crippen LogP contribution is -2.30. The highest BCUT2D eigenvalue weighted by atomic mass is 32.1. The van der Waals surface area contributed by atoms with Crippen LogP contribution >= 0.6 is 11.3 Å². The van der Waals surface area contributed by atoms with Crippen molar-refractivity contribution in [2.45, 2.75) is 31.5 Å². The highest BCUT2D eigenvalue weighted by Gasteiger charge is 2.37. The number of hydrogen-bond acceptors (Lipinski definition) is 4. The van der Waals surface area contributed by atoms with E-state index < -0.39 is 11.2 Å². The van der Waals surface area contributed by atoms with Gasteiger partial charge in [0.05, 0.1) is 4.88 Å². The number of aromatic nitrogens is 1. The van der Waals surface area contributed by atoms with Crippen molar-refractivity contribution < 1.29 is 18.0 Å². The molecule has 0 aliphatic heterocycles. The number of carbonyl (C=O) groups is 1. The van der Waals surface area contributed by atoms with Gasteiger partial charge in [-0.3, -0.25) is 4.79 Å². The van der Waals surface area contributed by atoms with Gasteiger partial charge in [0.2, 0.25) is 0 Å². The third kappa shape index (κ3) is 2.50. The largest absolute Gasteiger partial charge is 0.443 e. The molecule has 0 saturated heterocycles. The van der Waals surface area contributed by atoms with Crippen molar-refractivity contribution in [3.8, 4) is 0 Å². The first-order valence-corrected chi connectivity index (χ1v) is 6.04. The fourth-order valence-corrected chi connectivity index (χ4v) is 2.80. The van der Waals surface area contributed by atoms with Gasteiger partial charge in [-0.15, -0.1) is 11.3 Å². The van der Waals surface area contributed by atoms with Gasteiger partial charge in [0.25, 0.3) is 0 Å². The summed E-state index contributed by atoms with van der Waals surface area (Å²) in [7, 11) is 0. The first kappa shape index (κ1) is 12.5. The molecule has 1 aromatic heterocycles. The molecule has 1 heterocycles. The first-order chi connectivity index (χ1) is 7.89. The average Bonchev–Trinajstić information content (AvgIpc) is 2.83. The Morgan fingerprint density at radius 2 is 2.18 bits per heavy atom. The Kier molecular flexibility index (Phi) is 3.22. The van der Waals surface area contributed by atoms with Gasteiger partial charge < -0.3 is 5.73 Å². The number of nitrogens with two attached hydrogens (primary N) is 1. The van der Waals surface area contributed by atoms with Gasteiger partial charge in [0.1, 0.15) is 0 Å². The lowest BCUT2D eigenvalue weighted by atomic mass is 9.98. The molecule has 2 atom stereocenters. The maximum Gasteiger partial charge on any atom is 0.443 e. The predicted molar refractivity (Wildman–Crippen MR) is 56.8 cm³/mol. The summed E-state index contributed by atoms with van der Waals surface area (Å²) in [5.74, 6) is -0.653. The van der Waals surface area contributed by atoms with Crippen LogP contribution in [-0.2, 0) is 6.18 Å². The van der Waals surface area contributed by atoms with Crippen LogP contribution in [-0.4, -0.2) is 16.8 Å². The Bertz CT molecular complexity index is 429. The minimum Gasteiger partial charge on any atom is -0.327 e. The third-order valence-electron chi connectivity index (χ3n) is 2.90. The minimum atomic E-state index is -4.49. The quantitative estimate of drug-likeness (QED) is 0.835. The van der Waals surface area contributed by atoms with Crippen LogP contribution in [0.5, 0.6) is 0 Å². The van der Waals surface area contributed by atoms with E-state index in [2.05, 4.69) is 4.98 Å². The van der Waals surface area contributed by atoms with E-state index in [1.54, 1.807) is 0 Å². The van der Waals surface area contributed by atoms with Gasteiger partial charge in [0.15, 0.2) is 10.8 Å². The third-order valence-corrected chi connectivity index (χ3v) is 3.95. The molecule has 17 heavy (non-hydrogen) atoms. The molecule has 1 aliphatic carbocycles. The van der Waals surface area contributed by atoms with Gasteiger partial charge >= 0.3 is 6.18 Å². The van der Waals surface area contributed by atoms with Crippen LogP contribution in [0.25, 0.3) is 0 Å². The van der Waals surface area contributed by atoms with Crippen molar-refractivity contribution in [3.05, 3.63) is 16.1 Å². The normalized spacial score (nSPS) is 25.2. The zero-order chi connectivity index (χ0) is 12.6. The zero-order valence-electron chi connectivity index (χ0n) is 8.83. The van der Waals surface area contributed by atoms with Crippen LogP contribution in [0.15, 0.2) is 6.20 Å². The van der Waals surface area contributed by atoms with E-state index in [0.717, 1.165) is 19.0 Å². The molecule has 0 spiro atoms. The fraction of sp³-hybridized carbons (Fsp3) is 0.600. The van der Waals surface area contributed by atoms with Crippen molar-refractivity contribution in [2.75, 3.05) is 0 Å². The predicted octanol–water partition coefficient (Wildman–Crippen LogP) is 2.47. The van der Waals surface area contributed by atoms with Gasteiger partial charge in [0, 0.05) is 18.2 Å². The molecule has 1 aromatic rings. The summed E-state index contributed by atoms with van der Waals surface area (Å²) in [6.45, 7) is 0. The van der Waals surface area contributed by atoms with Gasteiger partial charge in [-0.25, -0.2) is 4.98 Å². The summed E-state index contributed by atoms with van der Waals surface area (Å²) in [6.07, 6.45) is -1.23. The van der Waals surface area contributed by atoms with Crippen LogP contribution in [0.2, 0.25) is 0 Å². The topological polar surface area (TPSA) is 56.0 Å². The number of alkyl halides is 3. The molecule has 94 valence electrons. The van der Waals surface area contributed by atoms with Crippen LogP contribution < -0.4 is 5.73 Å². The van der Waals surface area contributed by atoms with E-state index in [9.17, 15) is 18.0 Å². The molecule has 2 unspecified atom stereocenters. The highest BCUT2D eigenvalue weighted by Crippen LogP contribution is 2.35. The minimum absolute atomic E-state index is 0.0553. The number of thiazole rings is 1. The molecule has 0 aromatic carbocycles. The molecule has 1 saturated carbocycles. The highest BCUT2D eigenvalue weighted by molar-refractivity contribution is 7.13. The maximum absolute atomic E-state index is 12.3. The van der Waals surface area contributed by atoms with Crippen molar-refractivity contribution >= 4 is 17.1 Å². The number of Topliss-reactive ketones (excluding diaryl/α,β-unsaturated/α-hetero) is 1. The molecule has 2 rings (SSSR count). The van der Waals surface area contributed by atoms with Gasteiger partial charge in [-0.05, 0) is 12.8 Å². The number of nitrogens with zero attached hydrogens (tertiary/aromatic N) is 1. The van der Waals surface area contributed by atoms with E-state index in [1.807, 2.05) is 0 Å². The Labute approximate surface area is 99.8 Å². The second kappa shape index (κ2) is 4.38. The molecular formula is C10H11F3N2OS. The van der Waals surface area contributed by atoms with Crippen molar-refractivity contribution in [2.24, 2.45) is 11.7 Å². The van der Waals surface area contributed by atoms with Crippen LogP contribution in [0.4, 0.5) is 13.2 Å². The summed E-state index contributed by atoms with van der Waals surface area (Å²) in [5, 5.41) is -0.979. The van der Waals surface area contributed by atoms with Crippen LogP contribution in [0.3, 0.4) is 0 Å². The molecule has 0 amide bonds. The van der Waals surface area contributed by atoms with E-state index in [-0.39, 0.29) is 22.6 Å². The van der Waals surface area contributed by atoms with Gasteiger partial charge in [-0.2, -0.15) is 13.2 Å². The number of hydrogen-bond donors (Lipinski definition) is 1. The van der Waals surface area contributed by atoms with E-state index >= 15 is 0 Å². The number of ketones is 1. The van der Waals surface area contributed by atoms with E-state index in [4.69, 9.17) is 5.73 Å². The molecule has 0 bridgehead atoms. The molecule has 0 radical (unpaired) electrons. The SMILES string of the molecule is NC1CCCC1C(=O)c1cnc(C(F)(F)F)s1. The molecule has 1 fully saturated rings. The Hall–Kier alpha value is -0.950. The fourth-order valence-electron chi connectivity index (χ4n) is 2.02. The maximum atomic E-state index is 12.3. The monoisotopic (exact) mass is 264 g/mol. The van der Waals surface area contributed by atoms with E-state index in [0.29, 0.717) is 17.8 Å². The van der Waals surface area contributed by atoms with Crippen LogP contribution in [0, 0.1) is 5.92 Å². The second-order valence-electron chi connectivity index (χ2n) is 4.09. The summed E-state index contributed by atoms with van der Waals surface area (Å²) in [5.41, 5.74) is 5.75. The number of rotatable bonds is 2. The van der Waals surface area contributed by atoms with Crippen molar-refractivity contribution in [1.29, 1.82) is 0 Å². The number of carbonyl (C=O) groups excluding carboxylic acids is 1. The Morgan fingerprint density at radius 3 is 2.65 bits per heavy atom. The smallest absolute Gasteiger partial charge is 0.327 e.